The lowest BCUT2D eigenvalue weighted by Crippen LogP contribution is -2.47. The summed E-state index contributed by atoms with van der Waals surface area (Å²) in [5.74, 6) is -0.506. The second-order valence-electron chi connectivity index (χ2n) is 24.0. The van der Waals surface area contributed by atoms with Gasteiger partial charge in [0.1, 0.15) is 19.3 Å². The molecule has 9 nitrogen and oxygen atoms in total. The fourth-order valence-corrected chi connectivity index (χ4v) is 10.6. The molecule has 0 saturated carbocycles. The number of phosphoric ester groups is 1. The number of phosphoric acid groups is 1. The molecule has 10 heteroatoms. The van der Waals surface area contributed by atoms with Gasteiger partial charge >= 0.3 is 13.8 Å². The highest BCUT2D eigenvalue weighted by molar-refractivity contribution is 7.47. The third kappa shape index (κ3) is 58.6. The summed E-state index contributed by atoms with van der Waals surface area (Å²) in [5, 5.41) is 3.06. The highest BCUT2D eigenvalue weighted by Gasteiger charge is 2.30. The Hall–Kier alpha value is -2.03. The number of nitrogens with one attached hydrogen (secondary N) is 1. The van der Waals surface area contributed by atoms with E-state index in [4.69, 9.17) is 13.8 Å². The van der Waals surface area contributed by atoms with Gasteiger partial charge in [-0.1, -0.05) is 294 Å². The van der Waals surface area contributed by atoms with Crippen LogP contribution in [0.15, 0.2) is 48.6 Å². The van der Waals surface area contributed by atoms with Crippen LogP contribution in [0.1, 0.15) is 323 Å². The highest BCUT2D eigenvalue weighted by Crippen LogP contribution is 2.43. The van der Waals surface area contributed by atoms with Crippen LogP contribution in [0.3, 0.4) is 0 Å². The lowest BCUT2D eigenvalue weighted by Gasteiger charge is -2.27. The second-order valence-corrected chi connectivity index (χ2v) is 25.4. The number of hydrogen-bond donors (Lipinski definition) is 2. The van der Waals surface area contributed by atoms with Crippen LogP contribution in [0.5, 0.6) is 0 Å². The van der Waals surface area contributed by atoms with E-state index in [-0.39, 0.29) is 25.1 Å². The molecule has 0 heterocycles. The molecular formula is C68H130N2O7P+. The molecule has 0 aromatic carbocycles. The molecule has 2 N–H and O–H groups in total. The van der Waals surface area contributed by atoms with Gasteiger partial charge in [0.25, 0.3) is 0 Å². The van der Waals surface area contributed by atoms with Crippen LogP contribution in [0.2, 0.25) is 0 Å². The molecular weight excluding hydrogens is 988 g/mol. The summed E-state index contributed by atoms with van der Waals surface area (Å²) in [6, 6.07) is -0.853. The Labute approximate surface area is 484 Å². The Bertz CT molecular complexity index is 1470. The van der Waals surface area contributed by atoms with Crippen molar-refractivity contribution in [2.24, 2.45) is 0 Å². The van der Waals surface area contributed by atoms with E-state index >= 15 is 0 Å². The van der Waals surface area contributed by atoms with Gasteiger partial charge in [-0.25, -0.2) is 4.57 Å². The minimum Gasteiger partial charge on any atom is -0.456 e. The third-order valence-electron chi connectivity index (χ3n) is 15.0. The molecule has 0 aliphatic carbocycles. The van der Waals surface area contributed by atoms with E-state index in [1.807, 2.05) is 33.3 Å². The van der Waals surface area contributed by atoms with E-state index in [1.165, 1.54) is 199 Å². The summed E-state index contributed by atoms with van der Waals surface area (Å²) < 4.78 is 30.8. The molecule has 0 rings (SSSR count). The molecule has 0 bridgehead atoms. The normalized spacial score (nSPS) is 13.9. The summed E-state index contributed by atoms with van der Waals surface area (Å²) >= 11 is 0. The molecule has 0 aromatic heterocycles. The van der Waals surface area contributed by atoms with Gasteiger partial charge in [0.05, 0.1) is 33.8 Å². The SMILES string of the molecule is CC/C=C/C/C=C/C/C=C/CCCCCCCCC(=O)NC(COP(=O)(O)OCC[N+](C)(C)C)C(/C=C\CCCCCCCCCCCCC)OC(=O)CCCCCCCCCCCCCCCCCCCCCCCCC. The Balaban J connectivity index is 5.14. The van der Waals surface area contributed by atoms with E-state index in [9.17, 15) is 19.0 Å². The quantitative estimate of drug-likeness (QED) is 0.0205. The van der Waals surface area contributed by atoms with Crippen LogP contribution in [-0.2, 0) is 27.9 Å². The first-order valence-electron chi connectivity index (χ1n) is 33.5. The van der Waals surface area contributed by atoms with Crippen molar-refractivity contribution in [2.75, 3.05) is 40.9 Å². The Morgan fingerprint density at radius 1 is 0.462 bits per heavy atom. The first-order valence-corrected chi connectivity index (χ1v) is 35.0. The van der Waals surface area contributed by atoms with Gasteiger partial charge in [-0.3, -0.25) is 18.6 Å². The standard InChI is InChI=1S/C68H129N2O7P/c1-7-10-13-16-19-22-25-28-30-32-33-34-35-36-37-38-40-43-46-49-52-55-58-61-68(72)77-66(59-56-53-50-47-44-41-27-24-21-18-15-12-9-3)65(64-76-78(73,74)75-63-62-70(4,5)6)69-67(71)60-57-54-51-48-45-42-39-31-29-26-23-20-17-14-11-8-2/h11,14,20,23,29,31,56,59,65-66H,7-10,12-13,15-19,21-22,24-28,30,32-55,57-58,60-64H2,1-6H3,(H-,69,71,73,74)/p+1/b14-11+,23-20+,31-29+,59-56-. The zero-order valence-electron chi connectivity index (χ0n) is 52.4. The smallest absolute Gasteiger partial charge is 0.456 e. The van der Waals surface area contributed by atoms with Gasteiger partial charge in [-0.2, -0.15) is 0 Å². The lowest BCUT2D eigenvalue weighted by atomic mass is 10.0. The number of amides is 1. The monoisotopic (exact) mass is 1120 g/mol. The predicted molar refractivity (Wildman–Crippen MR) is 337 cm³/mol. The molecule has 3 atom stereocenters. The van der Waals surface area contributed by atoms with Crippen LogP contribution in [0.25, 0.3) is 0 Å². The molecule has 0 fully saturated rings. The number of nitrogens with zero attached hydrogens (tertiary/aromatic N) is 1. The molecule has 3 unspecified atom stereocenters. The average molecular weight is 1120 g/mol. The lowest BCUT2D eigenvalue weighted by molar-refractivity contribution is -0.870. The largest absolute Gasteiger partial charge is 0.472 e. The summed E-state index contributed by atoms with van der Waals surface area (Å²) in [4.78, 5) is 37.8. The van der Waals surface area contributed by atoms with Crippen molar-refractivity contribution in [2.45, 2.75) is 335 Å². The Morgan fingerprint density at radius 2 is 0.821 bits per heavy atom. The van der Waals surface area contributed by atoms with Gasteiger partial charge in [0, 0.05) is 12.8 Å². The maximum atomic E-state index is 13.6. The second kappa shape index (κ2) is 58.2. The number of quaternary nitrogens is 1. The molecule has 1 amide bonds. The van der Waals surface area contributed by atoms with Crippen molar-refractivity contribution < 1.29 is 37.3 Å². The maximum Gasteiger partial charge on any atom is 0.472 e. The van der Waals surface area contributed by atoms with Crippen LogP contribution >= 0.6 is 7.82 Å². The first kappa shape index (κ1) is 76.0. The number of carbonyl (C=O) groups is 2. The van der Waals surface area contributed by atoms with Crippen molar-refractivity contribution in [3.63, 3.8) is 0 Å². The molecule has 78 heavy (non-hydrogen) atoms. The van der Waals surface area contributed by atoms with Gasteiger partial charge in [0.15, 0.2) is 0 Å². The number of allylic oxidation sites excluding steroid dienone is 7. The third-order valence-corrected chi connectivity index (χ3v) is 16.0. The van der Waals surface area contributed by atoms with E-state index in [1.54, 1.807) is 0 Å². The molecule has 0 spiro atoms. The van der Waals surface area contributed by atoms with Crippen LogP contribution in [0.4, 0.5) is 0 Å². The first-order chi connectivity index (χ1) is 37.9. The van der Waals surface area contributed by atoms with Crippen molar-refractivity contribution >= 4 is 19.7 Å². The number of carbonyl (C=O) groups excluding carboxylic acids is 2. The molecule has 0 radical (unpaired) electrons. The highest BCUT2D eigenvalue weighted by atomic mass is 31.2. The number of esters is 1. The molecule has 0 aliphatic heterocycles. The molecule has 0 saturated heterocycles. The zero-order valence-corrected chi connectivity index (χ0v) is 53.3. The summed E-state index contributed by atoms with van der Waals surface area (Å²) in [6.07, 6.45) is 72.6. The van der Waals surface area contributed by atoms with Crippen LogP contribution in [-0.4, -0.2) is 74.3 Å². The fraction of sp³-hybridized carbons (Fsp3) is 0.853. The predicted octanol–water partition coefficient (Wildman–Crippen LogP) is 20.8. The topological polar surface area (TPSA) is 111 Å². The van der Waals surface area contributed by atoms with Crippen molar-refractivity contribution in [3.05, 3.63) is 48.6 Å². The number of hydrogen-bond acceptors (Lipinski definition) is 6. The van der Waals surface area contributed by atoms with E-state index < -0.39 is 20.0 Å². The fourth-order valence-electron chi connectivity index (χ4n) is 9.90. The van der Waals surface area contributed by atoms with Gasteiger partial charge < -0.3 is 19.4 Å². The zero-order chi connectivity index (χ0) is 57.2. The summed E-state index contributed by atoms with van der Waals surface area (Å²) in [6.45, 7) is 6.94. The number of unbranched alkanes of at least 4 members (excludes halogenated alkanes) is 39. The Morgan fingerprint density at radius 3 is 1.23 bits per heavy atom. The van der Waals surface area contributed by atoms with E-state index in [0.717, 1.165) is 89.9 Å². The summed E-state index contributed by atoms with van der Waals surface area (Å²) in [7, 11) is 1.50. The van der Waals surface area contributed by atoms with Crippen molar-refractivity contribution in [1.29, 1.82) is 0 Å². The number of ether oxygens (including phenoxy) is 1. The molecule has 458 valence electrons. The number of rotatable bonds is 61. The summed E-state index contributed by atoms with van der Waals surface area (Å²) in [5.41, 5.74) is 0. The van der Waals surface area contributed by atoms with Gasteiger partial charge in [0.2, 0.25) is 5.91 Å². The number of likely N-dealkylation sites (N-methyl/N-ethyl adjacent to an activating group) is 1. The van der Waals surface area contributed by atoms with Crippen molar-refractivity contribution in [1.82, 2.24) is 5.32 Å². The minimum absolute atomic E-state index is 0.0386. The van der Waals surface area contributed by atoms with E-state index in [2.05, 4.69) is 62.5 Å². The molecule has 0 aliphatic rings. The van der Waals surface area contributed by atoms with Gasteiger partial charge in [-0.05, 0) is 63.9 Å². The van der Waals surface area contributed by atoms with Crippen molar-refractivity contribution in [3.8, 4) is 0 Å². The van der Waals surface area contributed by atoms with Gasteiger partial charge in [-0.15, -0.1) is 0 Å². The molecule has 0 aromatic rings. The van der Waals surface area contributed by atoms with E-state index in [0.29, 0.717) is 23.9 Å². The maximum absolute atomic E-state index is 13.6. The Kier molecular flexibility index (Phi) is 56.7. The average Bonchev–Trinajstić information content (AvgIpc) is 3.40. The van der Waals surface area contributed by atoms with Crippen LogP contribution < -0.4 is 5.32 Å². The minimum atomic E-state index is -4.45. The van der Waals surface area contributed by atoms with Crippen LogP contribution in [0, 0.1) is 0 Å².